The number of ether oxygens (including phenoxy) is 2. The molecule has 1 atom stereocenters. The van der Waals surface area contributed by atoms with E-state index >= 15 is 0 Å². The molecule has 0 radical (unpaired) electrons. The molecule has 2 aromatic carbocycles. The molecule has 3 aromatic rings. The molecule has 7 nitrogen and oxygen atoms in total. The first-order valence-corrected chi connectivity index (χ1v) is 9.90. The van der Waals surface area contributed by atoms with Crippen LogP contribution in [0.1, 0.15) is 0 Å². The first-order valence-electron chi connectivity index (χ1n) is 8.91. The maximum Gasteiger partial charge on any atom is 0.232 e. The van der Waals surface area contributed by atoms with E-state index in [1.54, 1.807) is 18.3 Å². The predicted octanol–water partition coefficient (Wildman–Crippen LogP) is 2.66. The van der Waals surface area contributed by atoms with Crippen LogP contribution in [0, 0.1) is 0 Å². The van der Waals surface area contributed by atoms with Crippen LogP contribution in [0.3, 0.4) is 0 Å². The summed E-state index contributed by atoms with van der Waals surface area (Å²) in [7, 11) is 1.77. The average Bonchev–Trinajstić information content (AvgIpc) is 3.21. The summed E-state index contributed by atoms with van der Waals surface area (Å²) in [6.45, 7) is 0.878. The number of benzene rings is 2. The number of carbonyl (C=O) groups excluding carboxylic acids is 1. The Bertz CT molecular complexity index is 947. The number of carbonyl (C=O) groups is 1. The van der Waals surface area contributed by atoms with Crippen LogP contribution in [0.25, 0.3) is 5.69 Å². The van der Waals surface area contributed by atoms with E-state index in [9.17, 15) is 4.79 Å². The van der Waals surface area contributed by atoms with Gasteiger partial charge in [0.1, 0.15) is 12.9 Å². The van der Waals surface area contributed by atoms with Crippen molar-refractivity contribution in [2.24, 2.45) is 0 Å². The quantitative estimate of drug-likeness (QED) is 0.597. The fraction of sp³-hybridized carbons (Fsp3) is 0.250. The van der Waals surface area contributed by atoms with Gasteiger partial charge < -0.3 is 14.4 Å². The van der Waals surface area contributed by atoms with Gasteiger partial charge in [0.25, 0.3) is 0 Å². The molecule has 1 aromatic heterocycles. The number of hydrogen-bond donors (Lipinski definition) is 0. The first kappa shape index (κ1) is 18.4. The van der Waals surface area contributed by atoms with Crippen LogP contribution in [-0.4, -0.2) is 57.6 Å². The molecule has 0 saturated heterocycles. The van der Waals surface area contributed by atoms with Crippen molar-refractivity contribution in [3.05, 3.63) is 60.9 Å². The maximum absolute atomic E-state index is 12.6. The van der Waals surface area contributed by atoms with Gasteiger partial charge in [-0.3, -0.25) is 9.36 Å². The van der Waals surface area contributed by atoms with E-state index in [-0.39, 0.29) is 17.8 Å². The molecule has 0 saturated carbocycles. The minimum atomic E-state index is -0.193. The van der Waals surface area contributed by atoms with Crippen molar-refractivity contribution in [3.8, 4) is 17.2 Å². The van der Waals surface area contributed by atoms with Crippen LogP contribution in [0.5, 0.6) is 11.5 Å². The number of aromatic nitrogens is 3. The van der Waals surface area contributed by atoms with Gasteiger partial charge in [-0.1, -0.05) is 42.1 Å². The molecular weight excluding hydrogens is 376 g/mol. The van der Waals surface area contributed by atoms with Gasteiger partial charge in [0.05, 0.1) is 12.3 Å². The Morgan fingerprint density at radius 1 is 1.18 bits per heavy atom. The summed E-state index contributed by atoms with van der Waals surface area (Å²) in [6, 6.07) is 17.4. The Balaban J connectivity index is 1.32. The number of rotatable bonds is 6. The van der Waals surface area contributed by atoms with Gasteiger partial charge in [-0.05, 0) is 24.3 Å². The highest BCUT2D eigenvalue weighted by Gasteiger charge is 2.24. The second kappa shape index (κ2) is 8.35. The van der Waals surface area contributed by atoms with Crippen molar-refractivity contribution in [2.75, 3.05) is 26.0 Å². The summed E-state index contributed by atoms with van der Waals surface area (Å²) < 4.78 is 13.5. The Kier molecular flexibility index (Phi) is 5.48. The van der Waals surface area contributed by atoms with Crippen molar-refractivity contribution in [1.29, 1.82) is 0 Å². The van der Waals surface area contributed by atoms with Crippen molar-refractivity contribution in [3.63, 3.8) is 0 Å². The van der Waals surface area contributed by atoms with Crippen LogP contribution in [0.15, 0.2) is 66.1 Å². The summed E-state index contributed by atoms with van der Waals surface area (Å²) in [5.74, 6) is 1.72. The van der Waals surface area contributed by atoms with E-state index in [2.05, 4.69) is 10.2 Å². The number of nitrogens with zero attached hydrogens (tertiary/aromatic N) is 4. The summed E-state index contributed by atoms with van der Waals surface area (Å²) in [5.41, 5.74) is 0.960. The van der Waals surface area contributed by atoms with E-state index in [1.165, 1.54) is 11.8 Å². The van der Waals surface area contributed by atoms with Crippen LogP contribution in [-0.2, 0) is 4.79 Å². The topological polar surface area (TPSA) is 69.5 Å². The van der Waals surface area contributed by atoms with Crippen molar-refractivity contribution < 1.29 is 14.3 Å². The number of thioether (sulfide) groups is 1. The van der Waals surface area contributed by atoms with Gasteiger partial charge in [-0.15, -0.1) is 10.2 Å². The molecule has 1 aliphatic rings. The van der Waals surface area contributed by atoms with Gasteiger partial charge in [-0.25, -0.2) is 0 Å². The number of amides is 1. The second-order valence-corrected chi connectivity index (χ2v) is 7.32. The molecule has 1 amide bonds. The molecule has 1 aliphatic heterocycles. The van der Waals surface area contributed by atoms with Crippen molar-refractivity contribution in [1.82, 2.24) is 19.7 Å². The third kappa shape index (κ3) is 4.12. The van der Waals surface area contributed by atoms with E-state index in [4.69, 9.17) is 9.47 Å². The molecule has 0 fully saturated rings. The lowest BCUT2D eigenvalue weighted by atomic mass is 10.2. The fourth-order valence-corrected chi connectivity index (χ4v) is 3.75. The van der Waals surface area contributed by atoms with E-state index < -0.39 is 0 Å². The minimum absolute atomic E-state index is 0.00456. The zero-order valence-electron chi connectivity index (χ0n) is 15.4. The Hall–Kier alpha value is -3.00. The summed E-state index contributed by atoms with van der Waals surface area (Å²) in [5, 5.41) is 8.77. The summed E-state index contributed by atoms with van der Waals surface area (Å²) >= 11 is 1.36. The second-order valence-electron chi connectivity index (χ2n) is 6.38. The van der Waals surface area contributed by atoms with Gasteiger partial charge in [0.15, 0.2) is 22.8 Å². The Morgan fingerprint density at radius 2 is 1.93 bits per heavy atom. The number of likely N-dealkylation sites (N-methyl/N-ethyl adjacent to an activating group) is 1. The SMILES string of the molecule is CN(C[C@H]1COc2ccccc2O1)C(=O)CSc1nncn1-c1ccccc1. The molecule has 0 N–H and O–H groups in total. The van der Waals surface area contributed by atoms with E-state index in [0.29, 0.717) is 24.1 Å². The fourth-order valence-electron chi connectivity index (χ4n) is 2.89. The lowest BCUT2D eigenvalue weighted by molar-refractivity contribution is -0.128. The molecule has 144 valence electrons. The highest BCUT2D eigenvalue weighted by Crippen LogP contribution is 2.31. The molecule has 0 spiro atoms. The predicted molar refractivity (Wildman–Crippen MR) is 106 cm³/mol. The van der Waals surface area contributed by atoms with Gasteiger partial charge in [-0.2, -0.15) is 0 Å². The molecule has 0 unspecified atom stereocenters. The van der Waals surface area contributed by atoms with Crippen LogP contribution < -0.4 is 9.47 Å². The number of hydrogen-bond acceptors (Lipinski definition) is 6. The first-order chi connectivity index (χ1) is 13.7. The zero-order valence-corrected chi connectivity index (χ0v) is 16.2. The van der Waals surface area contributed by atoms with E-state index in [0.717, 1.165) is 11.4 Å². The van der Waals surface area contributed by atoms with Gasteiger partial charge >= 0.3 is 0 Å². The molecule has 28 heavy (non-hydrogen) atoms. The minimum Gasteiger partial charge on any atom is -0.486 e. The monoisotopic (exact) mass is 396 g/mol. The molecule has 2 heterocycles. The summed E-state index contributed by atoms with van der Waals surface area (Å²) in [6.07, 6.45) is 1.46. The van der Waals surface area contributed by atoms with Gasteiger partial charge in [0.2, 0.25) is 5.91 Å². The normalized spacial score (nSPS) is 15.2. The number of para-hydroxylation sites is 3. The van der Waals surface area contributed by atoms with E-state index in [1.807, 2.05) is 59.2 Å². The standard InChI is InChI=1S/C20H20N4O3S/c1-23(11-16-12-26-17-9-5-6-10-18(17)27-16)19(25)13-28-20-22-21-14-24(20)15-7-3-2-4-8-15/h2-10,14,16H,11-13H2,1H3/t16-/m0/s1. The smallest absolute Gasteiger partial charge is 0.232 e. The zero-order chi connectivity index (χ0) is 19.3. The lowest BCUT2D eigenvalue weighted by Gasteiger charge is -2.29. The van der Waals surface area contributed by atoms with Crippen LogP contribution in [0.4, 0.5) is 0 Å². The molecule has 4 rings (SSSR count). The third-order valence-corrected chi connectivity index (χ3v) is 5.27. The van der Waals surface area contributed by atoms with Crippen LogP contribution >= 0.6 is 11.8 Å². The highest BCUT2D eigenvalue weighted by atomic mass is 32.2. The van der Waals surface area contributed by atoms with Gasteiger partial charge in [0, 0.05) is 12.7 Å². The number of fused-ring (bicyclic) bond motifs is 1. The molecule has 0 bridgehead atoms. The lowest BCUT2D eigenvalue weighted by Crippen LogP contribution is -2.42. The van der Waals surface area contributed by atoms with Crippen molar-refractivity contribution in [2.45, 2.75) is 11.3 Å². The average molecular weight is 396 g/mol. The van der Waals surface area contributed by atoms with Crippen molar-refractivity contribution >= 4 is 17.7 Å². The Morgan fingerprint density at radius 3 is 2.75 bits per heavy atom. The highest BCUT2D eigenvalue weighted by molar-refractivity contribution is 7.99. The van der Waals surface area contributed by atoms with Crippen LogP contribution in [0.2, 0.25) is 0 Å². The summed E-state index contributed by atoms with van der Waals surface area (Å²) in [4.78, 5) is 14.2. The largest absolute Gasteiger partial charge is 0.486 e. The molecule has 0 aliphatic carbocycles. The molecule has 8 heteroatoms. The third-order valence-electron chi connectivity index (χ3n) is 4.35. The Labute approximate surface area is 167 Å². The maximum atomic E-state index is 12.6. The molecular formula is C20H20N4O3S.